The standard InChI is InChI=1S/C18H16BrFN4O/c1-11-8-16(21-6-4-12-5-7-22-17(25)9-12)24-18(23-11)14-10-13(19)2-3-15(14)20/h2-3,5,7-10H,4,6H2,1H3,(H,22,25)(H,21,23,24). The maximum absolute atomic E-state index is 14.1. The Bertz CT molecular complexity index is 958. The lowest BCUT2D eigenvalue weighted by atomic mass is 10.2. The van der Waals surface area contributed by atoms with Crippen LogP contribution in [0.4, 0.5) is 10.2 Å². The van der Waals surface area contributed by atoms with Crippen LogP contribution in [0, 0.1) is 12.7 Å². The Labute approximate surface area is 152 Å². The first kappa shape index (κ1) is 17.3. The molecule has 0 spiro atoms. The molecule has 2 N–H and O–H groups in total. The number of benzene rings is 1. The van der Waals surface area contributed by atoms with E-state index in [4.69, 9.17) is 0 Å². The van der Waals surface area contributed by atoms with Crippen LogP contribution in [0.1, 0.15) is 11.3 Å². The highest BCUT2D eigenvalue weighted by molar-refractivity contribution is 9.10. The highest BCUT2D eigenvalue weighted by atomic mass is 79.9. The first-order valence-corrected chi connectivity index (χ1v) is 8.53. The average Bonchev–Trinajstić information content (AvgIpc) is 2.57. The molecule has 3 aromatic rings. The van der Waals surface area contributed by atoms with Crippen molar-refractivity contribution in [1.82, 2.24) is 15.0 Å². The van der Waals surface area contributed by atoms with Gasteiger partial charge in [0.1, 0.15) is 11.6 Å². The maximum Gasteiger partial charge on any atom is 0.248 e. The zero-order valence-corrected chi connectivity index (χ0v) is 15.1. The molecule has 0 radical (unpaired) electrons. The summed E-state index contributed by atoms with van der Waals surface area (Å²) in [4.78, 5) is 22.6. The minimum absolute atomic E-state index is 0.122. The van der Waals surface area contributed by atoms with E-state index in [2.05, 4.69) is 36.2 Å². The number of nitrogens with zero attached hydrogens (tertiary/aromatic N) is 2. The predicted octanol–water partition coefficient (Wildman–Crippen LogP) is 3.70. The third-order valence-corrected chi connectivity index (χ3v) is 4.08. The molecular weight excluding hydrogens is 387 g/mol. The Morgan fingerprint density at radius 1 is 1.20 bits per heavy atom. The van der Waals surface area contributed by atoms with Gasteiger partial charge in [-0.15, -0.1) is 0 Å². The van der Waals surface area contributed by atoms with Crippen molar-refractivity contribution < 1.29 is 4.39 Å². The van der Waals surface area contributed by atoms with Crippen LogP contribution in [0.5, 0.6) is 0 Å². The fourth-order valence-electron chi connectivity index (χ4n) is 2.43. The SMILES string of the molecule is Cc1cc(NCCc2cc[nH]c(=O)c2)nc(-c2cc(Br)ccc2F)n1. The molecule has 5 nitrogen and oxygen atoms in total. The number of pyridine rings is 1. The quantitative estimate of drug-likeness (QED) is 0.682. The number of nitrogens with one attached hydrogen (secondary N) is 2. The van der Waals surface area contributed by atoms with Crippen molar-refractivity contribution in [1.29, 1.82) is 0 Å². The Kier molecular flexibility index (Phi) is 5.23. The molecule has 2 heterocycles. The zero-order chi connectivity index (χ0) is 17.8. The number of anilines is 1. The number of hydrogen-bond acceptors (Lipinski definition) is 4. The second-order valence-electron chi connectivity index (χ2n) is 5.58. The van der Waals surface area contributed by atoms with E-state index in [1.807, 2.05) is 13.0 Å². The summed E-state index contributed by atoms with van der Waals surface area (Å²) in [6.45, 7) is 2.43. The average molecular weight is 403 g/mol. The van der Waals surface area contributed by atoms with Crippen molar-refractivity contribution in [2.75, 3.05) is 11.9 Å². The van der Waals surface area contributed by atoms with Crippen molar-refractivity contribution in [3.63, 3.8) is 0 Å². The van der Waals surface area contributed by atoms with E-state index in [9.17, 15) is 9.18 Å². The Balaban J connectivity index is 1.77. The summed E-state index contributed by atoms with van der Waals surface area (Å²) in [6.07, 6.45) is 2.30. The lowest BCUT2D eigenvalue weighted by Gasteiger charge is -2.09. The van der Waals surface area contributed by atoms with Crippen LogP contribution in [-0.2, 0) is 6.42 Å². The molecule has 0 aliphatic carbocycles. The Morgan fingerprint density at radius 3 is 2.84 bits per heavy atom. The molecule has 2 aromatic heterocycles. The smallest absolute Gasteiger partial charge is 0.248 e. The van der Waals surface area contributed by atoms with Gasteiger partial charge in [-0.3, -0.25) is 4.79 Å². The van der Waals surface area contributed by atoms with Gasteiger partial charge < -0.3 is 10.3 Å². The largest absolute Gasteiger partial charge is 0.370 e. The van der Waals surface area contributed by atoms with Gasteiger partial charge in [0.2, 0.25) is 5.56 Å². The summed E-state index contributed by atoms with van der Waals surface area (Å²) in [6, 6.07) is 9.90. The molecule has 128 valence electrons. The van der Waals surface area contributed by atoms with Crippen LogP contribution >= 0.6 is 15.9 Å². The molecule has 3 rings (SSSR count). The fraction of sp³-hybridized carbons (Fsp3) is 0.167. The topological polar surface area (TPSA) is 70.7 Å². The molecule has 0 unspecified atom stereocenters. The monoisotopic (exact) mass is 402 g/mol. The van der Waals surface area contributed by atoms with Gasteiger partial charge in [0.15, 0.2) is 5.82 Å². The van der Waals surface area contributed by atoms with Crippen molar-refractivity contribution in [2.24, 2.45) is 0 Å². The van der Waals surface area contributed by atoms with E-state index in [1.54, 1.807) is 30.5 Å². The second kappa shape index (κ2) is 7.57. The van der Waals surface area contributed by atoms with Crippen molar-refractivity contribution in [2.45, 2.75) is 13.3 Å². The number of halogens is 2. The molecule has 7 heteroatoms. The summed E-state index contributed by atoms with van der Waals surface area (Å²) in [7, 11) is 0. The van der Waals surface area contributed by atoms with Crippen molar-refractivity contribution in [3.8, 4) is 11.4 Å². The van der Waals surface area contributed by atoms with Gasteiger partial charge in [-0.2, -0.15) is 0 Å². The predicted molar refractivity (Wildman–Crippen MR) is 99.1 cm³/mol. The van der Waals surface area contributed by atoms with E-state index in [-0.39, 0.29) is 11.4 Å². The summed E-state index contributed by atoms with van der Waals surface area (Å²) >= 11 is 3.34. The van der Waals surface area contributed by atoms with Crippen LogP contribution in [0.25, 0.3) is 11.4 Å². The third-order valence-electron chi connectivity index (χ3n) is 3.58. The Morgan fingerprint density at radius 2 is 2.04 bits per heavy atom. The van der Waals surface area contributed by atoms with Crippen LogP contribution < -0.4 is 10.9 Å². The Hall–Kier alpha value is -2.54. The number of hydrogen-bond donors (Lipinski definition) is 2. The van der Waals surface area contributed by atoms with Gasteiger partial charge in [-0.05, 0) is 43.2 Å². The minimum Gasteiger partial charge on any atom is -0.370 e. The number of aryl methyl sites for hydroxylation is 1. The lowest BCUT2D eigenvalue weighted by Crippen LogP contribution is -2.10. The normalized spacial score (nSPS) is 10.7. The molecule has 0 aliphatic rings. The summed E-state index contributed by atoms with van der Waals surface area (Å²) in [5.41, 5.74) is 1.89. The maximum atomic E-state index is 14.1. The van der Waals surface area contributed by atoms with Gasteiger partial charge in [-0.1, -0.05) is 15.9 Å². The highest BCUT2D eigenvalue weighted by Gasteiger charge is 2.11. The van der Waals surface area contributed by atoms with Gasteiger partial charge in [-0.25, -0.2) is 14.4 Å². The number of rotatable bonds is 5. The van der Waals surface area contributed by atoms with Crippen LogP contribution in [-0.4, -0.2) is 21.5 Å². The molecule has 0 amide bonds. The number of H-pyrrole nitrogens is 1. The van der Waals surface area contributed by atoms with Crippen LogP contribution in [0.3, 0.4) is 0 Å². The van der Waals surface area contributed by atoms with Gasteiger partial charge >= 0.3 is 0 Å². The first-order chi connectivity index (χ1) is 12.0. The van der Waals surface area contributed by atoms with Gasteiger partial charge in [0.25, 0.3) is 0 Å². The fourth-order valence-corrected chi connectivity index (χ4v) is 2.79. The van der Waals surface area contributed by atoms with E-state index < -0.39 is 0 Å². The summed E-state index contributed by atoms with van der Waals surface area (Å²) < 4.78 is 14.8. The van der Waals surface area contributed by atoms with E-state index in [1.165, 1.54) is 6.07 Å². The van der Waals surface area contributed by atoms with Gasteiger partial charge in [0.05, 0.1) is 5.56 Å². The molecule has 0 bridgehead atoms. The number of aromatic nitrogens is 3. The van der Waals surface area contributed by atoms with Crippen LogP contribution in [0.2, 0.25) is 0 Å². The second-order valence-corrected chi connectivity index (χ2v) is 6.50. The van der Waals surface area contributed by atoms with Crippen molar-refractivity contribution in [3.05, 3.63) is 74.5 Å². The molecule has 25 heavy (non-hydrogen) atoms. The first-order valence-electron chi connectivity index (χ1n) is 7.74. The number of aromatic amines is 1. The zero-order valence-electron chi connectivity index (χ0n) is 13.5. The molecule has 0 saturated carbocycles. The molecular formula is C18H16BrFN4O. The molecule has 0 aliphatic heterocycles. The van der Waals surface area contributed by atoms with E-state index in [0.29, 0.717) is 30.2 Å². The lowest BCUT2D eigenvalue weighted by molar-refractivity contribution is 0.629. The summed E-state index contributed by atoms with van der Waals surface area (Å²) in [5, 5.41) is 3.20. The van der Waals surface area contributed by atoms with E-state index >= 15 is 0 Å². The molecule has 0 atom stereocenters. The van der Waals surface area contributed by atoms with Crippen molar-refractivity contribution >= 4 is 21.7 Å². The van der Waals surface area contributed by atoms with Crippen LogP contribution in [0.15, 0.2) is 51.9 Å². The molecule has 0 fully saturated rings. The minimum atomic E-state index is -0.372. The third kappa shape index (κ3) is 4.51. The highest BCUT2D eigenvalue weighted by Crippen LogP contribution is 2.24. The molecule has 1 aromatic carbocycles. The van der Waals surface area contributed by atoms with E-state index in [0.717, 1.165) is 15.7 Å². The summed E-state index contributed by atoms with van der Waals surface area (Å²) in [5.74, 6) is 0.576. The molecule has 0 saturated heterocycles. The van der Waals surface area contributed by atoms with Gasteiger partial charge in [0, 0.05) is 35.0 Å².